The van der Waals surface area contributed by atoms with E-state index in [0.29, 0.717) is 16.6 Å². The van der Waals surface area contributed by atoms with Crippen molar-refractivity contribution in [3.05, 3.63) is 9.47 Å². The van der Waals surface area contributed by atoms with E-state index >= 15 is 0 Å². The highest BCUT2D eigenvalue weighted by Crippen LogP contribution is 2.29. The molecule has 2 unspecified atom stereocenters. The van der Waals surface area contributed by atoms with Gasteiger partial charge in [-0.05, 0) is 18.0 Å². The molecule has 0 saturated carbocycles. The molecule has 0 spiro atoms. The van der Waals surface area contributed by atoms with Crippen LogP contribution in [0.3, 0.4) is 0 Å². The molecule has 2 atom stereocenters. The Morgan fingerprint density at radius 3 is 3.07 bits per heavy atom. The zero-order chi connectivity index (χ0) is 9.54. The molecule has 0 radical (unpaired) electrons. The van der Waals surface area contributed by atoms with Crippen molar-refractivity contribution in [2.45, 2.75) is 25.1 Å². The van der Waals surface area contributed by atoms with E-state index in [-0.39, 0.29) is 0 Å². The van der Waals surface area contributed by atoms with Crippen LogP contribution in [0.15, 0.2) is 0 Å². The SMILES string of the molecule is Clc1nnc(CN2CC3CC2CO3)s1. The highest BCUT2D eigenvalue weighted by atomic mass is 35.5. The Morgan fingerprint density at radius 1 is 1.57 bits per heavy atom. The van der Waals surface area contributed by atoms with Gasteiger partial charge in [0.15, 0.2) is 0 Å². The molecule has 0 aromatic carbocycles. The molecule has 2 fully saturated rings. The number of ether oxygens (including phenoxy) is 1. The van der Waals surface area contributed by atoms with E-state index in [1.807, 2.05) is 0 Å². The molecule has 2 aliphatic rings. The summed E-state index contributed by atoms with van der Waals surface area (Å²) in [6.45, 7) is 2.77. The van der Waals surface area contributed by atoms with Gasteiger partial charge in [0.1, 0.15) is 5.01 Å². The molecule has 3 rings (SSSR count). The predicted octanol–water partition coefficient (Wildman–Crippen LogP) is 1.16. The Bertz CT molecular complexity index is 345. The van der Waals surface area contributed by atoms with Gasteiger partial charge < -0.3 is 4.74 Å². The molecule has 3 heterocycles. The van der Waals surface area contributed by atoms with Crippen LogP contribution < -0.4 is 0 Å². The minimum absolute atomic E-state index is 0.448. The fraction of sp³-hybridized carbons (Fsp3) is 0.750. The first-order chi connectivity index (χ1) is 6.81. The Morgan fingerprint density at radius 2 is 2.50 bits per heavy atom. The van der Waals surface area contributed by atoms with Crippen molar-refractivity contribution < 1.29 is 4.74 Å². The maximum absolute atomic E-state index is 5.73. The first-order valence-corrected chi connectivity index (χ1v) is 5.84. The quantitative estimate of drug-likeness (QED) is 0.766. The monoisotopic (exact) mass is 231 g/mol. The lowest BCUT2D eigenvalue weighted by Crippen LogP contribution is -2.36. The molecular weight excluding hydrogens is 222 g/mol. The molecular formula is C8H10ClN3OS. The summed E-state index contributed by atoms with van der Waals surface area (Å²) in [5.41, 5.74) is 0. The van der Waals surface area contributed by atoms with Crippen molar-refractivity contribution in [3.63, 3.8) is 0 Å². The molecule has 2 aliphatic heterocycles. The fourth-order valence-electron chi connectivity index (χ4n) is 2.14. The van der Waals surface area contributed by atoms with Crippen molar-refractivity contribution in [2.24, 2.45) is 0 Å². The molecule has 4 nitrogen and oxygen atoms in total. The van der Waals surface area contributed by atoms with Crippen LogP contribution in [0, 0.1) is 0 Å². The summed E-state index contributed by atoms with van der Waals surface area (Å²) in [7, 11) is 0. The highest BCUT2D eigenvalue weighted by molar-refractivity contribution is 7.15. The normalized spacial score (nSPS) is 31.5. The smallest absolute Gasteiger partial charge is 0.207 e. The van der Waals surface area contributed by atoms with Crippen LogP contribution in [0.4, 0.5) is 0 Å². The summed E-state index contributed by atoms with van der Waals surface area (Å²) < 4.78 is 6.05. The number of morpholine rings is 1. The molecule has 0 amide bonds. The second-order valence-electron chi connectivity index (χ2n) is 3.72. The van der Waals surface area contributed by atoms with E-state index < -0.39 is 0 Å². The number of likely N-dealkylation sites (tertiary alicyclic amines) is 1. The third-order valence-electron chi connectivity index (χ3n) is 2.79. The Balaban J connectivity index is 1.68. The molecule has 6 heteroatoms. The third kappa shape index (κ3) is 1.54. The maximum Gasteiger partial charge on any atom is 0.207 e. The average molecular weight is 232 g/mol. The number of halogens is 1. The minimum Gasteiger partial charge on any atom is -0.375 e. The number of rotatable bonds is 2. The van der Waals surface area contributed by atoms with Crippen LogP contribution in [0.1, 0.15) is 11.4 Å². The topological polar surface area (TPSA) is 38.2 Å². The third-order valence-corrected chi connectivity index (χ3v) is 3.80. The standard InChI is InChI=1S/C8H10ClN3OS/c9-8-11-10-7(14-8)3-12-2-6-1-5(12)4-13-6/h5-6H,1-4H2. The van der Waals surface area contributed by atoms with Crippen LogP contribution in [0.5, 0.6) is 0 Å². The van der Waals surface area contributed by atoms with Gasteiger partial charge >= 0.3 is 0 Å². The lowest BCUT2D eigenvalue weighted by Gasteiger charge is -2.25. The lowest BCUT2D eigenvalue weighted by molar-refractivity contribution is 0.0272. The maximum atomic E-state index is 5.73. The lowest BCUT2D eigenvalue weighted by atomic mass is 10.2. The molecule has 76 valence electrons. The molecule has 0 aliphatic carbocycles. The number of hydrogen-bond donors (Lipinski definition) is 0. The zero-order valence-electron chi connectivity index (χ0n) is 7.52. The summed E-state index contributed by atoms with van der Waals surface area (Å²) in [6.07, 6.45) is 1.62. The largest absolute Gasteiger partial charge is 0.375 e. The summed E-state index contributed by atoms with van der Waals surface area (Å²) in [5.74, 6) is 0. The predicted molar refractivity (Wildman–Crippen MR) is 53.5 cm³/mol. The van der Waals surface area contributed by atoms with Crippen LogP contribution in [-0.2, 0) is 11.3 Å². The van der Waals surface area contributed by atoms with Gasteiger partial charge in [-0.2, -0.15) is 0 Å². The van der Waals surface area contributed by atoms with Crippen LogP contribution in [0.25, 0.3) is 0 Å². The second-order valence-corrected chi connectivity index (χ2v) is 5.37. The number of nitrogens with zero attached hydrogens (tertiary/aromatic N) is 3. The Hall–Kier alpha value is -0.230. The average Bonchev–Trinajstić information content (AvgIpc) is 2.82. The number of fused-ring (bicyclic) bond motifs is 2. The molecule has 1 aromatic heterocycles. The van der Waals surface area contributed by atoms with Crippen molar-refractivity contribution in [1.82, 2.24) is 15.1 Å². The van der Waals surface area contributed by atoms with Crippen molar-refractivity contribution >= 4 is 22.9 Å². The molecule has 2 saturated heterocycles. The van der Waals surface area contributed by atoms with Gasteiger partial charge in [-0.15, -0.1) is 10.2 Å². The van der Waals surface area contributed by atoms with Crippen LogP contribution in [-0.4, -0.2) is 40.4 Å². The molecule has 0 N–H and O–H groups in total. The van der Waals surface area contributed by atoms with E-state index in [2.05, 4.69) is 15.1 Å². The summed E-state index contributed by atoms with van der Waals surface area (Å²) in [6, 6.07) is 0.586. The van der Waals surface area contributed by atoms with Gasteiger partial charge in [-0.1, -0.05) is 11.3 Å². The minimum atomic E-state index is 0.448. The van der Waals surface area contributed by atoms with Gasteiger partial charge in [0, 0.05) is 12.6 Å². The van der Waals surface area contributed by atoms with Crippen molar-refractivity contribution in [1.29, 1.82) is 0 Å². The van der Waals surface area contributed by atoms with E-state index in [9.17, 15) is 0 Å². The number of hydrogen-bond acceptors (Lipinski definition) is 5. The van der Waals surface area contributed by atoms with E-state index in [0.717, 1.165) is 24.7 Å². The summed E-state index contributed by atoms with van der Waals surface area (Å²) in [4.78, 5) is 2.41. The summed E-state index contributed by atoms with van der Waals surface area (Å²) in [5, 5.41) is 8.82. The van der Waals surface area contributed by atoms with E-state index in [1.54, 1.807) is 0 Å². The van der Waals surface area contributed by atoms with Gasteiger partial charge in [0.25, 0.3) is 0 Å². The number of aromatic nitrogens is 2. The molecule has 14 heavy (non-hydrogen) atoms. The fourth-order valence-corrected chi connectivity index (χ4v) is 3.04. The summed E-state index contributed by atoms with van der Waals surface area (Å²) >= 11 is 7.19. The van der Waals surface area contributed by atoms with Crippen molar-refractivity contribution in [2.75, 3.05) is 13.2 Å². The van der Waals surface area contributed by atoms with Gasteiger partial charge in [0.2, 0.25) is 4.47 Å². The van der Waals surface area contributed by atoms with Gasteiger partial charge in [0.05, 0.1) is 19.3 Å². The van der Waals surface area contributed by atoms with Gasteiger partial charge in [-0.3, -0.25) is 4.90 Å². The molecule has 2 bridgehead atoms. The first kappa shape index (κ1) is 9.03. The second kappa shape index (κ2) is 3.41. The Labute approximate surface area is 90.8 Å². The van der Waals surface area contributed by atoms with Crippen LogP contribution in [0.2, 0.25) is 4.47 Å². The highest BCUT2D eigenvalue weighted by Gasteiger charge is 2.39. The van der Waals surface area contributed by atoms with Gasteiger partial charge in [-0.25, -0.2) is 0 Å². The molecule has 1 aromatic rings. The zero-order valence-corrected chi connectivity index (χ0v) is 9.09. The van der Waals surface area contributed by atoms with Crippen molar-refractivity contribution in [3.8, 4) is 0 Å². The van der Waals surface area contributed by atoms with E-state index in [4.69, 9.17) is 16.3 Å². The first-order valence-electron chi connectivity index (χ1n) is 4.65. The Kier molecular flexibility index (Phi) is 2.20. The van der Waals surface area contributed by atoms with Crippen LogP contribution >= 0.6 is 22.9 Å². The van der Waals surface area contributed by atoms with E-state index in [1.165, 1.54) is 17.8 Å².